The third-order valence-corrected chi connectivity index (χ3v) is 6.55. The number of rotatable bonds is 5. The maximum absolute atomic E-state index is 12.9. The molecule has 4 rings (SSSR count). The monoisotopic (exact) mass is 451 g/mol. The SMILES string of the molecule is CC(NC(=O)C1=CN=C2CNCC[N+]12C)c1cnc(Nc2ccc(C(F)(F)F)cc2)s1. The van der Waals surface area contributed by atoms with E-state index in [1.807, 2.05) is 14.0 Å². The van der Waals surface area contributed by atoms with Gasteiger partial charge in [0.05, 0.1) is 25.2 Å². The Morgan fingerprint density at radius 1 is 1.29 bits per heavy atom. The molecule has 1 saturated heterocycles. The number of benzene rings is 1. The lowest BCUT2D eigenvalue weighted by Crippen LogP contribution is -2.59. The van der Waals surface area contributed by atoms with Crippen LogP contribution in [0.15, 0.2) is 47.4 Å². The van der Waals surface area contributed by atoms with Gasteiger partial charge in [0.2, 0.25) is 11.5 Å². The van der Waals surface area contributed by atoms with Crippen molar-refractivity contribution >= 4 is 33.9 Å². The van der Waals surface area contributed by atoms with Gasteiger partial charge in [-0.15, -0.1) is 0 Å². The average molecular weight is 451 g/mol. The summed E-state index contributed by atoms with van der Waals surface area (Å²) in [5.41, 5.74) is 0.405. The molecule has 0 aliphatic carbocycles. The Labute approximate surface area is 181 Å². The number of aliphatic imine (C=N–C) groups is 1. The van der Waals surface area contributed by atoms with Crippen molar-refractivity contribution in [3.05, 3.63) is 52.8 Å². The minimum Gasteiger partial charge on any atom is -0.340 e. The van der Waals surface area contributed by atoms with Gasteiger partial charge in [-0.05, 0) is 31.2 Å². The first-order chi connectivity index (χ1) is 14.7. The van der Waals surface area contributed by atoms with Crippen LogP contribution in [0.5, 0.6) is 0 Å². The summed E-state index contributed by atoms with van der Waals surface area (Å²) in [4.78, 5) is 22.4. The lowest BCUT2D eigenvalue weighted by molar-refractivity contribution is -0.775. The molecule has 3 heterocycles. The summed E-state index contributed by atoms with van der Waals surface area (Å²) in [7, 11) is 1.99. The minimum atomic E-state index is -4.37. The third kappa shape index (κ3) is 4.34. The van der Waals surface area contributed by atoms with Gasteiger partial charge < -0.3 is 16.0 Å². The van der Waals surface area contributed by atoms with Crippen LogP contribution in [0.2, 0.25) is 0 Å². The number of piperazine rings is 1. The number of halogens is 3. The molecular weight excluding hydrogens is 429 g/mol. The van der Waals surface area contributed by atoms with E-state index in [1.54, 1.807) is 12.4 Å². The standard InChI is InChI=1S/C20H21F3N6OS/c1-12(27-18(30)15-9-25-17-11-24-7-8-29(15,17)2)16-10-26-19(31-16)28-14-5-3-13(4-6-14)20(21,22)23/h3-6,9-10,12,24H,7-8,11H2,1-2H3,(H-,26,27,28,30)/p+1. The van der Waals surface area contributed by atoms with Gasteiger partial charge in [0.15, 0.2) is 5.13 Å². The summed E-state index contributed by atoms with van der Waals surface area (Å²) in [5, 5.41) is 9.79. The Hall–Kier alpha value is -2.76. The molecule has 0 radical (unpaired) electrons. The van der Waals surface area contributed by atoms with Crippen LogP contribution in [0.4, 0.5) is 24.0 Å². The highest BCUT2D eigenvalue weighted by molar-refractivity contribution is 7.15. The number of amidine groups is 1. The number of likely N-dealkylation sites (N-methyl/N-ethyl adjacent to an activating group) is 1. The smallest absolute Gasteiger partial charge is 0.340 e. The molecule has 1 aromatic carbocycles. The summed E-state index contributed by atoms with van der Waals surface area (Å²) in [6.45, 7) is 4.09. The number of carbonyl (C=O) groups is 1. The second-order valence-electron chi connectivity index (χ2n) is 7.61. The van der Waals surface area contributed by atoms with Crippen molar-refractivity contribution in [1.82, 2.24) is 15.6 Å². The summed E-state index contributed by atoms with van der Waals surface area (Å²) >= 11 is 1.33. The van der Waals surface area contributed by atoms with E-state index in [1.165, 1.54) is 23.5 Å². The summed E-state index contributed by atoms with van der Waals surface area (Å²) in [6.07, 6.45) is -1.09. The third-order valence-electron chi connectivity index (χ3n) is 5.45. The zero-order valence-electron chi connectivity index (χ0n) is 17.0. The van der Waals surface area contributed by atoms with Crippen LogP contribution in [0.1, 0.15) is 23.4 Å². The molecule has 7 nitrogen and oxygen atoms in total. The molecule has 1 amide bonds. The van der Waals surface area contributed by atoms with Crippen molar-refractivity contribution in [2.45, 2.75) is 19.1 Å². The molecule has 0 bridgehead atoms. The molecule has 2 unspecified atom stereocenters. The summed E-state index contributed by atoms with van der Waals surface area (Å²) in [6, 6.07) is 4.47. The number of carbonyl (C=O) groups excluding carboxylic acids is 1. The molecule has 11 heteroatoms. The van der Waals surface area contributed by atoms with Gasteiger partial charge in [0, 0.05) is 23.3 Å². The maximum Gasteiger partial charge on any atom is 0.416 e. The topological polar surface area (TPSA) is 78.4 Å². The Bertz CT molecular complexity index is 1050. The molecule has 0 saturated carbocycles. The average Bonchev–Trinajstić information content (AvgIpc) is 3.31. The zero-order valence-corrected chi connectivity index (χ0v) is 17.8. The normalized spacial score (nSPS) is 21.7. The number of hydrogen-bond donors (Lipinski definition) is 3. The number of thiazole rings is 1. The first kappa shape index (κ1) is 21.5. The largest absolute Gasteiger partial charge is 0.416 e. The number of alkyl halides is 3. The highest BCUT2D eigenvalue weighted by atomic mass is 32.1. The van der Waals surface area contributed by atoms with Crippen LogP contribution in [0, 0.1) is 0 Å². The molecule has 1 aromatic heterocycles. The predicted octanol–water partition coefficient (Wildman–Crippen LogP) is 3.39. The molecule has 0 spiro atoms. The second kappa shape index (κ2) is 8.06. The van der Waals surface area contributed by atoms with Gasteiger partial charge in [-0.3, -0.25) is 4.79 Å². The summed E-state index contributed by atoms with van der Waals surface area (Å²) in [5.74, 6) is 0.742. The van der Waals surface area contributed by atoms with E-state index in [4.69, 9.17) is 0 Å². The van der Waals surface area contributed by atoms with Crippen molar-refractivity contribution < 1.29 is 22.4 Å². The van der Waals surface area contributed by atoms with Crippen molar-refractivity contribution in [2.75, 3.05) is 32.0 Å². The fraction of sp³-hybridized carbons (Fsp3) is 0.350. The molecule has 164 valence electrons. The number of hydrogen-bond acceptors (Lipinski definition) is 6. The Kier molecular flexibility index (Phi) is 5.58. The van der Waals surface area contributed by atoms with Crippen LogP contribution >= 0.6 is 11.3 Å². The predicted molar refractivity (Wildman–Crippen MR) is 113 cm³/mol. The van der Waals surface area contributed by atoms with Crippen LogP contribution in [-0.4, -0.2) is 47.9 Å². The zero-order chi connectivity index (χ0) is 22.2. The van der Waals surface area contributed by atoms with Gasteiger partial charge in [-0.25, -0.2) is 14.5 Å². The Morgan fingerprint density at radius 3 is 2.74 bits per heavy atom. The first-order valence-corrected chi connectivity index (χ1v) is 10.5. The highest BCUT2D eigenvalue weighted by Crippen LogP contribution is 2.32. The number of nitrogens with zero attached hydrogens (tertiary/aromatic N) is 3. The van der Waals surface area contributed by atoms with Crippen LogP contribution < -0.4 is 16.0 Å². The summed E-state index contributed by atoms with van der Waals surface area (Å²) < 4.78 is 38.5. The molecule has 31 heavy (non-hydrogen) atoms. The minimum absolute atomic E-state index is 0.179. The Balaban J connectivity index is 1.38. The molecule has 2 atom stereocenters. The number of nitrogens with one attached hydrogen (secondary N) is 3. The van der Waals surface area contributed by atoms with Gasteiger partial charge >= 0.3 is 12.1 Å². The number of amides is 1. The van der Waals surface area contributed by atoms with Crippen LogP contribution in [0.3, 0.4) is 0 Å². The molecule has 2 aliphatic rings. The molecule has 3 N–H and O–H groups in total. The van der Waals surface area contributed by atoms with Crippen molar-refractivity contribution in [1.29, 1.82) is 0 Å². The molecule has 1 fully saturated rings. The van der Waals surface area contributed by atoms with E-state index >= 15 is 0 Å². The van der Waals surface area contributed by atoms with E-state index in [0.29, 0.717) is 27.5 Å². The van der Waals surface area contributed by atoms with E-state index in [9.17, 15) is 18.0 Å². The Morgan fingerprint density at radius 2 is 2.03 bits per heavy atom. The highest BCUT2D eigenvalue weighted by Gasteiger charge is 2.44. The van der Waals surface area contributed by atoms with Crippen molar-refractivity contribution in [2.24, 2.45) is 4.99 Å². The molecular formula is C20H22F3N6OS+. The fourth-order valence-corrected chi connectivity index (χ4v) is 4.38. The molecule has 2 aliphatic heterocycles. The lowest BCUT2D eigenvalue weighted by atomic mass is 10.2. The number of quaternary nitrogens is 1. The first-order valence-electron chi connectivity index (χ1n) is 9.72. The van der Waals surface area contributed by atoms with Gasteiger partial charge in [-0.1, -0.05) is 11.3 Å². The number of aromatic nitrogens is 1. The number of anilines is 2. The van der Waals surface area contributed by atoms with Crippen LogP contribution in [0.25, 0.3) is 0 Å². The van der Waals surface area contributed by atoms with Gasteiger partial charge in [0.25, 0.3) is 0 Å². The van der Waals surface area contributed by atoms with Crippen molar-refractivity contribution in [3.63, 3.8) is 0 Å². The van der Waals surface area contributed by atoms with E-state index in [0.717, 1.165) is 35.9 Å². The second-order valence-corrected chi connectivity index (χ2v) is 8.68. The van der Waals surface area contributed by atoms with Crippen molar-refractivity contribution in [3.8, 4) is 0 Å². The van der Waals surface area contributed by atoms with E-state index < -0.39 is 11.7 Å². The number of fused-ring (bicyclic) bond motifs is 1. The van der Waals surface area contributed by atoms with E-state index in [2.05, 4.69) is 25.9 Å². The van der Waals surface area contributed by atoms with Gasteiger partial charge in [-0.2, -0.15) is 13.2 Å². The fourth-order valence-electron chi connectivity index (χ4n) is 3.54. The maximum atomic E-state index is 12.9. The molecule has 2 aromatic rings. The van der Waals surface area contributed by atoms with Crippen LogP contribution in [-0.2, 0) is 11.0 Å². The lowest BCUT2D eigenvalue weighted by Gasteiger charge is -2.35. The van der Waals surface area contributed by atoms with E-state index in [-0.39, 0.29) is 11.9 Å². The quantitative estimate of drug-likeness (QED) is 0.609. The van der Waals surface area contributed by atoms with Gasteiger partial charge in [0.1, 0.15) is 12.7 Å².